The van der Waals surface area contributed by atoms with Gasteiger partial charge >= 0.3 is 0 Å². The Morgan fingerprint density at radius 3 is 2.94 bits per heavy atom. The van der Waals surface area contributed by atoms with Crippen molar-refractivity contribution in [3.63, 3.8) is 0 Å². The van der Waals surface area contributed by atoms with Gasteiger partial charge in [-0.25, -0.2) is 4.39 Å². The SMILES string of the molecule is O=C(c1cc(F)ccc1Cl)N1CCNC2(CC2)C1. The molecule has 0 aromatic heterocycles. The number of benzene rings is 1. The Hall–Kier alpha value is -1.13. The average Bonchev–Trinajstić information content (AvgIpc) is 3.10. The molecule has 1 heterocycles. The first-order chi connectivity index (χ1) is 8.60. The van der Waals surface area contributed by atoms with Crippen molar-refractivity contribution in [1.29, 1.82) is 0 Å². The minimum Gasteiger partial charge on any atom is -0.335 e. The van der Waals surface area contributed by atoms with E-state index in [4.69, 9.17) is 11.6 Å². The van der Waals surface area contributed by atoms with Crippen molar-refractivity contribution in [1.82, 2.24) is 10.2 Å². The van der Waals surface area contributed by atoms with Crippen LogP contribution in [0.3, 0.4) is 0 Å². The second kappa shape index (κ2) is 4.21. The number of carbonyl (C=O) groups is 1. The number of rotatable bonds is 1. The molecule has 5 heteroatoms. The van der Waals surface area contributed by atoms with Crippen LogP contribution in [0.25, 0.3) is 0 Å². The van der Waals surface area contributed by atoms with Crippen LogP contribution in [0.2, 0.25) is 5.02 Å². The maximum absolute atomic E-state index is 13.2. The van der Waals surface area contributed by atoms with Crippen LogP contribution < -0.4 is 5.32 Å². The van der Waals surface area contributed by atoms with E-state index in [2.05, 4.69) is 5.32 Å². The van der Waals surface area contributed by atoms with Gasteiger partial charge in [0.2, 0.25) is 0 Å². The molecule has 1 saturated heterocycles. The molecular weight excluding hydrogens is 255 g/mol. The zero-order chi connectivity index (χ0) is 12.8. The second-order valence-corrected chi connectivity index (χ2v) is 5.47. The maximum atomic E-state index is 13.2. The molecule has 1 saturated carbocycles. The maximum Gasteiger partial charge on any atom is 0.255 e. The highest BCUT2D eigenvalue weighted by Crippen LogP contribution is 2.38. The third-order valence-electron chi connectivity index (χ3n) is 3.67. The Labute approximate surface area is 110 Å². The minimum atomic E-state index is -0.431. The topological polar surface area (TPSA) is 32.3 Å². The van der Waals surface area contributed by atoms with Gasteiger partial charge < -0.3 is 10.2 Å². The standard InChI is InChI=1S/C13H14ClFN2O/c14-11-2-1-9(15)7-10(11)12(18)17-6-5-16-13(8-17)3-4-13/h1-2,7,16H,3-6,8H2. The van der Waals surface area contributed by atoms with Gasteiger partial charge in [-0.2, -0.15) is 0 Å². The number of nitrogens with zero attached hydrogens (tertiary/aromatic N) is 1. The van der Waals surface area contributed by atoms with Crippen LogP contribution in [-0.2, 0) is 0 Å². The summed E-state index contributed by atoms with van der Waals surface area (Å²) in [5, 5.41) is 3.74. The molecule has 96 valence electrons. The first-order valence-corrected chi connectivity index (χ1v) is 6.47. The third-order valence-corrected chi connectivity index (χ3v) is 4.00. The Balaban J connectivity index is 1.83. The molecule has 1 N–H and O–H groups in total. The molecule has 0 radical (unpaired) electrons. The van der Waals surface area contributed by atoms with Crippen molar-refractivity contribution in [3.05, 3.63) is 34.6 Å². The van der Waals surface area contributed by atoms with E-state index in [0.717, 1.165) is 19.4 Å². The molecule has 0 bridgehead atoms. The van der Waals surface area contributed by atoms with Crippen molar-refractivity contribution in [3.8, 4) is 0 Å². The predicted molar refractivity (Wildman–Crippen MR) is 67.3 cm³/mol. The van der Waals surface area contributed by atoms with E-state index in [0.29, 0.717) is 18.1 Å². The Morgan fingerprint density at radius 2 is 2.22 bits per heavy atom. The summed E-state index contributed by atoms with van der Waals surface area (Å²) in [5.74, 6) is -0.605. The molecule has 3 rings (SSSR count). The van der Waals surface area contributed by atoms with Crippen molar-refractivity contribution in [2.75, 3.05) is 19.6 Å². The average molecular weight is 269 g/mol. The Kier molecular flexibility index (Phi) is 2.79. The fourth-order valence-electron chi connectivity index (χ4n) is 2.45. The van der Waals surface area contributed by atoms with Gasteiger partial charge in [-0.1, -0.05) is 11.6 Å². The van der Waals surface area contributed by atoms with Gasteiger partial charge in [0.05, 0.1) is 10.6 Å². The molecule has 1 aliphatic heterocycles. The number of amides is 1. The summed E-state index contributed by atoms with van der Waals surface area (Å²) in [6.45, 7) is 2.13. The highest BCUT2D eigenvalue weighted by atomic mass is 35.5. The van der Waals surface area contributed by atoms with Crippen LogP contribution in [0, 0.1) is 5.82 Å². The van der Waals surface area contributed by atoms with Crippen LogP contribution in [0.1, 0.15) is 23.2 Å². The zero-order valence-electron chi connectivity index (χ0n) is 9.88. The van der Waals surface area contributed by atoms with E-state index in [9.17, 15) is 9.18 Å². The van der Waals surface area contributed by atoms with Crippen LogP contribution in [0.5, 0.6) is 0 Å². The van der Waals surface area contributed by atoms with Gasteiger partial charge in [0.25, 0.3) is 5.91 Å². The lowest BCUT2D eigenvalue weighted by atomic mass is 10.1. The van der Waals surface area contributed by atoms with Crippen molar-refractivity contribution in [2.45, 2.75) is 18.4 Å². The quantitative estimate of drug-likeness (QED) is 0.846. The second-order valence-electron chi connectivity index (χ2n) is 5.06. The van der Waals surface area contributed by atoms with E-state index in [1.165, 1.54) is 18.2 Å². The first-order valence-electron chi connectivity index (χ1n) is 6.09. The summed E-state index contributed by atoms with van der Waals surface area (Å²) < 4.78 is 13.2. The first kappa shape index (κ1) is 11.9. The number of piperazine rings is 1. The summed E-state index contributed by atoms with van der Waals surface area (Å²) in [5.41, 5.74) is 0.377. The predicted octanol–water partition coefficient (Wildman–Crippen LogP) is 2.06. The molecular formula is C13H14ClFN2O. The molecule has 1 aromatic carbocycles. The molecule has 0 unspecified atom stereocenters. The lowest BCUT2D eigenvalue weighted by Crippen LogP contribution is -2.54. The van der Waals surface area contributed by atoms with Crippen molar-refractivity contribution in [2.24, 2.45) is 0 Å². The fraction of sp³-hybridized carbons (Fsp3) is 0.462. The smallest absolute Gasteiger partial charge is 0.255 e. The molecule has 2 aliphatic rings. The Bertz CT molecular complexity index is 502. The third kappa shape index (κ3) is 2.10. The Morgan fingerprint density at radius 1 is 1.44 bits per heavy atom. The zero-order valence-corrected chi connectivity index (χ0v) is 10.6. The van der Waals surface area contributed by atoms with E-state index >= 15 is 0 Å². The van der Waals surface area contributed by atoms with Crippen molar-refractivity contribution < 1.29 is 9.18 Å². The summed E-state index contributed by atoms with van der Waals surface area (Å²) in [6.07, 6.45) is 2.21. The van der Waals surface area contributed by atoms with E-state index in [1.807, 2.05) is 0 Å². The summed E-state index contributed by atoms with van der Waals surface area (Å²) >= 11 is 5.97. The van der Waals surface area contributed by atoms with Crippen LogP contribution >= 0.6 is 11.6 Å². The van der Waals surface area contributed by atoms with Gasteiger partial charge in [-0.3, -0.25) is 4.79 Å². The molecule has 1 aromatic rings. The van der Waals surface area contributed by atoms with Gasteiger partial charge in [0.1, 0.15) is 5.82 Å². The fourth-order valence-corrected chi connectivity index (χ4v) is 2.65. The monoisotopic (exact) mass is 268 g/mol. The minimum absolute atomic E-state index is 0.119. The highest BCUT2D eigenvalue weighted by molar-refractivity contribution is 6.33. The van der Waals surface area contributed by atoms with E-state index < -0.39 is 5.82 Å². The molecule has 0 atom stereocenters. The normalized spacial score (nSPS) is 21.1. The largest absolute Gasteiger partial charge is 0.335 e. The molecule has 18 heavy (non-hydrogen) atoms. The summed E-state index contributed by atoms with van der Waals surface area (Å²) in [6, 6.07) is 3.91. The molecule has 3 nitrogen and oxygen atoms in total. The van der Waals surface area contributed by atoms with Gasteiger partial charge in [0.15, 0.2) is 0 Å². The van der Waals surface area contributed by atoms with Crippen LogP contribution in [0.4, 0.5) is 4.39 Å². The molecule has 1 amide bonds. The number of nitrogens with one attached hydrogen (secondary N) is 1. The molecule has 1 aliphatic carbocycles. The lowest BCUT2D eigenvalue weighted by Gasteiger charge is -2.34. The van der Waals surface area contributed by atoms with E-state index in [-0.39, 0.29) is 17.0 Å². The van der Waals surface area contributed by atoms with E-state index in [1.54, 1.807) is 4.90 Å². The number of halogens is 2. The van der Waals surface area contributed by atoms with Gasteiger partial charge in [0, 0.05) is 25.2 Å². The van der Waals surface area contributed by atoms with Crippen molar-refractivity contribution >= 4 is 17.5 Å². The number of hydrogen-bond acceptors (Lipinski definition) is 2. The summed E-state index contributed by atoms with van der Waals surface area (Å²) in [4.78, 5) is 14.1. The molecule has 2 fully saturated rings. The van der Waals surface area contributed by atoms with Gasteiger partial charge in [-0.15, -0.1) is 0 Å². The highest BCUT2D eigenvalue weighted by Gasteiger charge is 2.46. The van der Waals surface area contributed by atoms with Crippen LogP contribution in [0.15, 0.2) is 18.2 Å². The van der Waals surface area contributed by atoms with Crippen LogP contribution in [-0.4, -0.2) is 36.0 Å². The summed E-state index contributed by atoms with van der Waals surface area (Å²) in [7, 11) is 0. The molecule has 1 spiro atoms. The lowest BCUT2D eigenvalue weighted by molar-refractivity contribution is 0.0691. The van der Waals surface area contributed by atoms with Gasteiger partial charge in [-0.05, 0) is 31.0 Å². The number of hydrogen-bond donors (Lipinski definition) is 1. The number of carbonyl (C=O) groups excluding carboxylic acids is 1.